The van der Waals surface area contributed by atoms with E-state index in [4.69, 9.17) is 0 Å². The van der Waals surface area contributed by atoms with E-state index in [0.717, 1.165) is 32.6 Å². The highest BCUT2D eigenvalue weighted by Crippen LogP contribution is 2.41. The molecule has 0 spiro atoms. The molecule has 0 atom stereocenters. The molecule has 0 saturated carbocycles. The molecule has 0 heterocycles. The van der Waals surface area contributed by atoms with E-state index in [-0.39, 0.29) is 5.54 Å². The van der Waals surface area contributed by atoms with Crippen molar-refractivity contribution >= 4 is 0 Å². The Hall–Kier alpha value is -2.46. The first-order chi connectivity index (χ1) is 15.2. The summed E-state index contributed by atoms with van der Waals surface area (Å²) in [4.78, 5) is 4.98. The molecule has 3 aromatic carbocycles. The van der Waals surface area contributed by atoms with Gasteiger partial charge in [0, 0.05) is 6.54 Å². The first-order valence-corrected chi connectivity index (χ1v) is 11.4. The second kappa shape index (κ2) is 11.8. The van der Waals surface area contributed by atoms with Crippen LogP contribution in [0.25, 0.3) is 0 Å². The van der Waals surface area contributed by atoms with E-state index in [9.17, 15) is 0 Å². The standard InChI is InChI=1S/C28H37N3/c1-29-21-13-22-30(2)23-14-24-31(3)28(25-15-7-4-8-16-25,26-17-9-5-10-18-26)27-19-11-6-12-20-27/h4-12,15-20,29H,13-14,21-24H2,1-3H3. The Kier molecular flexibility index (Phi) is 8.84. The Morgan fingerprint density at radius 2 is 1.03 bits per heavy atom. The van der Waals surface area contributed by atoms with Gasteiger partial charge in [-0.1, -0.05) is 91.0 Å². The molecule has 0 bridgehead atoms. The second-order valence-corrected chi connectivity index (χ2v) is 8.34. The topological polar surface area (TPSA) is 18.5 Å². The number of benzene rings is 3. The van der Waals surface area contributed by atoms with Crippen molar-refractivity contribution in [2.45, 2.75) is 18.4 Å². The van der Waals surface area contributed by atoms with Gasteiger partial charge in [0.05, 0.1) is 5.54 Å². The minimum Gasteiger partial charge on any atom is -0.320 e. The van der Waals surface area contributed by atoms with Crippen molar-refractivity contribution < 1.29 is 0 Å². The fraction of sp³-hybridized carbons (Fsp3) is 0.357. The van der Waals surface area contributed by atoms with Crippen molar-refractivity contribution in [3.05, 3.63) is 108 Å². The monoisotopic (exact) mass is 415 g/mol. The van der Waals surface area contributed by atoms with Gasteiger partial charge in [0.2, 0.25) is 0 Å². The van der Waals surface area contributed by atoms with Crippen molar-refractivity contribution in [2.24, 2.45) is 0 Å². The summed E-state index contributed by atoms with van der Waals surface area (Å²) in [6.07, 6.45) is 2.31. The Morgan fingerprint density at radius 1 is 0.613 bits per heavy atom. The molecule has 0 fully saturated rings. The van der Waals surface area contributed by atoms with E-state index >= 15 is 0 Å². The lowest BCUT2D eigenvalue weighted by Crippen LogP contribution is -2.46. The summed E-state index contributed by atoms with van der Waals surface area (Å²) >= 11 is 0. The van der Waals surface area contributed by atoms with Gasteiger partial charge in [-0.05, 0) is 70.3 Å². The van der Waals surface area contributed by atoms with Crippen LogP contribution in [-0.4, -0.2) is 57.1 Å². The fourth-order valence-corrected chi connectivity index (χ4v) is 4.58. The molecule has 0 saturated heterocycles. The third kappa shape index (κ3) is 5.62. The van der Waals surface area contributed by atoms with Gasteiger partial charge in [0.25, 0.3) is 0 Å². The summed E-state index contributed by atoms with van der Waals surface area (Å²) in [5, 5.41) is 3.24. The molecule has 164 valence electrons. The zero-order chi connectivity index (χ0) is 21.9. The maximum absolute atomic E-state index is 3.24. The van der Waals surface area contributed by atoms with Gasteiger partial charge in [0.15, 0.2) is 0 Å². The van der Waals surface area contributed by atoms with Crippen LogP contribution in [0.3, 0.4) is 0 Å². The van der Waals surface area contributed by atoms with Crippen LogP contribution in [0.4, 0.5) is 0 Å². The molecule has 3 rings (SSSR count). The summed E-state index contributed by atoms with van der Waals surface area (Å²) in [7, 11) is 6.52. The molecule has 0 amide bonds. The molecular formula is C28H37N3. The van der Waals surface area contributed by atoms with Gasteiger partial charge >= 0.3 is 0 Å². The average molecular weight is 416 g/mol. The maximum atomic E-state index is 3.24. The lowest BCUT2D eigenvalue weighted by atomic mass is 9.75. The quantitative estimate of drug-likeness (QED) is 0.337. The predicted molar refractivity (Wildman–Crippen MR) is 132 cm³/mol. The van der Waals surface area contributed by atoms with Crippen LogP contribution in [0.15, 0.2) is 91.0 Å². The Bertz CT molecular complexity index is 768. The second-order valence-electron chi connectivity index (χ2n) is 8.34. The maximum Gasteiger partial charge on any atom is 0.0970 e. The highest BCUT2D eigenvalue weighted by Gasteiger charge is 2.39. The van der Waals surface area contributed by atoms with E-state index in [1.165, 1.54) is 23.1 Å². The zero-order valence-corrected chi connectivity index (χ0v) is 19.3. The van der Waals surface area contributed by atoms with Crippen LogP contribution >= 0.6 is 0 Å². The minimum atomic E-state index is -0.325. The lowest BCUT2D eigenvalue weighted by molar-refractivity contribution is 0.186. The molecule has 3 aromatic rings. The molecule has 3 heteroatoms. The molecule has 1 N–H and O–H groups in total. The van der Waals surface area contributed by atoms with Gasteiger partial charge in [-0.2, -0.15) is 0 Å². The zero-order valence-electron chi connectivity index (χ0n) is 19.3. The molecule has 0 aliphatic carbocycles. The largest absolute Gasteiger partial charge is 0.320 e. The summed E-state index contributed by atoms with van der Waals surface area (Å²) < 4.78 is 0. The highest BCUT2D eigenvalue weighted by atomic mass is 15.2. The Labute approximate surface area is 188 Å². The molecule has 0 aromatic heterocycles. The molecule has 3 nitrogen and oxygen atoms in total. The Balaban J connectivity index is 1.92. The summed E-state index contributed by atoms with van der Waals surface area (Å²) in [6.45, 7) is 4.31. The van der Waals surface area contributed by atoms with Gasteiger partial charge in [0.1, 0.15) is 0 Å². The van der Waals surface area contributed by atoms with E-state index in [1.54, 1.807) is 0 Å². The summed E-state index contributed by atoms with van der Waals surface area (Å²) in [6, 6.07) is 32.8. The van der Waals surface area contributed by atoms with Gasteiger partial charge in [-0.15, -0.1) is 0 Å². The highest BCUT2D eigenvalue weighted by molar-refractivity contribution is 5.49. The van der Waals surface area contributed by atoms with Gasteiger partial charge in [-0.25, -0.2) is 0 Å². The van der Waals surface area contributed by atoms with Crippen molar-refractivity contribution in [1.82, 2.24) is 15.1 Å². The van der Waals surface area contributed by atoms with Crippen molar-refractivity contribution in [3.8, 4) is 0 Å². The third-order valence-corrected chi connectivity index (χ3v) is 6.15. The van der Waals surface area contributed by atoms with Crippen LogP contribution in [-0.2, 0) is 5.54 Å². The van der Waals surface area contributed by atoms with Crippen molar-refractivity contribution in [3.63, 3.8) is 0 Å². The van der Waals surface area contributed by atoms with E-state index in [2.05, 4.69) is 120 Å². The smallest absolute Gasteiger partial charge is 0.0970 e. The average Bonchev–Trinajstić information content (AvgIpc) is 2.82. The fourth-order valence-electron chi connectivity index (χ4n) is 4.58. The molecule has 31 heavy (non-hydrogen) atoms. The van der Waals surface area contributed by atoms with Crippen molar-refractivity contribution in [1.29, 1.82) is 0 Å². The molecule has 0 aliphatic rings. The van der Waals surface area contributed by atoms with Crippen LogP contribution in [0.1, 0.15) is 29.5 Å². The Morgan fingerprint density at radius 3 is 1.45 bits per heavy atom. The molecule has 0 aliphatic heterocycles. The summed E-state index contributed by atoms with van der Waals surface area (Å²) in [5.74, 6) is 0. The van der Waals surface area contributed by atoms with Gasteiger partial charge in [-0.3, -0.25) is 4.90 Å². The molecule has 0 unspecified atom stereocenters. The van der Waals surface area contributed by atoms with E-state index in [1.807, 2.05) is 7.05 Å². The minimum absolute atomic E-state index is 0.325. The van der Waals surface area contributed by atoms with E-state index < -0.39 is 0 Å². The SMILES string of the molecule is CNCCCN(C)CCCN(C)C(c1ccccc1)(c1ccccc1)c1ccccc1. The first-order valence-electron chi connectivity index (χ1n) is 11.4. The lowest BCUT2D eigenvalue weighted by Gasteiger charge is -2.44. The van der Waals surface area contributed by atoms with Gasteiger partial charge < -0.3 is 10.2 Å². The van der Waals surface area contributed by atoms with E-state index in [0.29, 0.717) is 0 Å². The number of nitrogens with zero attached hydrogens (tertiary/aromatic N) is 2. The number of hydrogen-bond donors (Lipinski definition) is 1. The van der Waals surface area contributed by atoms with Crippen molar-refractivity contribution in [2.75, 3.05) is 47.3 Å². The number of rotatable bonds is 12. The number of nitrogens with one attached hydrogen (secondary N) is 1. The first kappa shape index (κ1) is 23.2. The molecular weight excluding hydrogens is 378 g/mol. The summed E-state index contributed by atoms with van der Waals surface area (Å²) in [5.41, 5.74) is 3.58. The number of hydrogen-bond acceptors (Lipinski definition) is 3. The molecule has 0 radical (unpaired) electrons. The van der Waals surface area contributed by atoms with Crippen LogP contribution in [0.2, 0.25) is 0 Å². The van der Waals surface area contributed by atoms with Crippen LogP contribution in [0, 0.1) is 0 Å². The van der Waals surface area contributed by atoms with Crippen LogP contribution in [0.5, 0.6) is 0 Å². The normalized spacial score (nSPS) is 11.9. The predicted octanol–water partition coefficient (Wildman–Crippen LogP) is 4.84. The third-order valence-electron chi connectivity index (χ3n) is 6.15. The van der Waals surface area contributed by atoms with Crippen LogP contribution < -0.4 is 5.32 Å².